The number of ketones is 1. The number of Topliss-reactive ketones (excluding diaryl/α,β-unsaturated/α-hetero) is 1. The van der Waals surface area contributed by atoms with Gasteiger partial charge in [-0.05, 0) is 37.3 Å². The zero-order valence-corrected chi connectivity index (χ0v) is 15.9. The molecule has 2 N–H and O–H groups in total. The highest BCUT2D eigenvalue weighted by molar-refractivity contribution is 6.01. The van der Waals surface area contributed by atoms with Crippen molar-refractivity contribution in [1.29, 1.82) is 0 Å². The predicted octanol–water partition coefficient (Wildman–Crippen LogP) is 2.47. The number of rotatable bonds is 4. The van der Waals surface area contributed by atoms with E-state index in [0.29, 0.717) is 19.4 Å². The average molecular weight is 365 g/mol. The Labute approximate surface area is 160 Å². The molecule has 0 radical (unpaired) electrons. The molecule has 1 aromatic heterocycles. The molecule has 2 aliphatic rings. The number of nitrogens with zero attached hydrogens (tertiary/aromatic N) is 2. The lowest BCUT2D eigenvalue weighted by atomic mass is 9.92. The molecule has 2 heterocycles. The number of carbonyl (C=O) groups excluding carboxylic acids is 2. The van der Waals surface area contributed by atoms with Gasteiger partial charge in [-0.1, -0.05) is 30.3 Å². The number of hydrogen-bond acceptors (Lipinski definition) is 3. The average Bonchev–Trinajstić information content (AvgIpc) is 3.21. The molecule has 1 saturated heterocycles. The van der Waals surface area contributed by atoms with E-state index in [0.717, 1.165) is 54.9 Å². The molecule has 1 fully saturated rings. The van der Waals surface area contributed by atoms with E-state index in [1.165, 1.54) is 5.56 Å². The van der Waals surface area contributed by atoms with Gasteiger partial charge in [0.05, 0.1) is 6.42 Å². The molecule has 1 unspecified atom stereocenters. The normalized spacial score (nSPS) is 19.4. The third kappa shape index (κ3) is 3.44. The topological polar surface area (TPSA) is 68.3 Å². The van der Waals surface area contributed by atoms with Crippen molar-refractivity contribution in [2.24, 2.45) is 5.73 Å². The first kappa shape index (κ1) is 18.0. The number of aromatic nitrogens is 1. The molecule has 0 saturated carbocycles. The molecule has 1 aliphatic carbocycles. The van der Waals surface area contributed by atoms with Crippen LogP contribution in [0.5, 0.6) is 0 Å². The molecule has 142 valence electrons. The van der Waals surface area contributed by atoms with Crippen LogP contribution in [0, 0.1) is 6.92 Å². The van der Waals surface area contributed by atoms with Gasteiger partial charge < -0.3 is 15.2 Å². The Morgan fingerprint density at radius 1 is 1.22 bits per heavy atom. The molecule has 27 heavy (non-hydrogen) atoms. The molecule has 1 amide bonds. The maximum Gasteiger partial charge on any atom is 0.227 e. The molecular formula is C22H27N3O2. The summed E-state index contributed by atoms with van der Waals surface area (Å²) in [4.78, 5) is 27.4. The van der Waals surface area contributed by atoms with Crippen LogP contribution < -0.4 is 5.73 Å². The van der Waals surface area contributed by atoms with E-state index in [1.54, 1.807) is 0 Å². The first-order valence-electron chi connectivity index (χ1n) is 9.86. The van der Waals surface area contributed by atoms with E-state index in [9.17, 15) is 9.59 Å². The molecular weight excluding hydrogens is 338 g/mol. The van der Waals surface area contributed by atoms with Crippen LogP contribution in [0.3, 0.4) is 0 Å². The fraction of sp³-hybridized carbons (Fsp3) is 0.455. The Balaban J connectivity index is 1.68. The van der Waals surface area contributed by atoms with Crippen molar-refractivity contribution in [2.45, 2.75) is 51.6 Å². The molecule has 0 bridgehead atoms. The SMILES string of the molecule is Cc1c(CC(=O)N2CCC(N)C2)c2c(n1Cc1ccccc1)CCCC2=O. The maximum atomic E-state index is 12.8. The quantitative estimate of drug-likeness (QED) is 0.905. The summed E-state index contributed by atoms with van der Waals surface area (Å²) in [7, 11) is 0. The zero-order valence-electron chi connectivity index (χ0n) is 15.9. The number of carbonyl (C=O) groups is 2. The highest BCUT2D eigenvalue weighted by Crippen LogP contribution is 2.31. The predicted molar refractivity (Wildman–Crippen MR) is 105 cm³/mol. The number of nitrogens with two attached hydrogens (primary N) is 1. The van der Waals surface area contributed by atoms with Crippen molar-refractivity contribution < 1.29 is 9.59 Å². The lowest BCUT2D eigenvalue weighted by Crippen LogP contribution is -2.33. The van der Waals surface area contributed by atoms with Crippen molar-refractivity contribution in [3.05, 3.63) is 58.4 Å². The van der Waals surface area contributed by atoms with Gasteiger partial charge in [0.2, 0.25) is 5.91 Å². The molecule has 1 atom stereocenters. The van der Waals surface area contributed by atoms with E-state index >= 15 is 0 Å². The third-order valence-electron chi connectivity index (χ3n) is 5.94. The molecule has 1 aromatic carbocycles. The van der Waals surface area contributed by atoms with Crippen LogP contribution in [0.4, 0.5) is 0 Å². The summed E-state index contributed by atoms with van der Waals surface area (Å²) in [5.74, 6) is 0.274. The first-order valence-corrected chi connectivity index (χ1v) is 9.86. The summed E-state index contributed by atoms with van der Waals surface area (Å²) in [5, 5.41) is 0. The van der Waals surface area contributed by atoms with Gasteiger partial charge in [-0.25, -0.2) is 0 Å². The van der Waals surface area contributed by atoms with E-state index in [4.69, 9.17) is 5.73 Å². The number of amides is 1. The number of hydrogen-bond donors (Lipinski definition) is 1. The second kappa shape index (κ2) is 7.31. The summed E-state index contributed by atoms with van der Waals surface area (Å²) in [6.07, 6.45) is 3.53. The van der Waals surface area contributed by atoms with E-state index in [-0.39, 0.29) is 17.7 Å². The van der Waals surface area contributed by atoms with Crippen LogP contribution in [-0.2, 0) is 24.2 Å². The summed E-state index contributed by atoms with van der Waals surface area (Å²) >= 11 is 0. The summed E-state index contributed by atoms with van der Waals surface area (Å²) in [5.41, 5.74) is 11.1. The van der Waals surface area contributed by atoms with Crippen molar-refractivity contribution >= 4 is 11.7 Å². The number of likely N-dealkylation sites (tertiary alicyclic amines) is 1. The molecule has 4 rings (SSSR count). The van der Waals surface area contributed by atoms with Gasteiger partial charge in [0.25, 0.3) is 0 Å². The minimum atomic E-state index is 0.0771. The van der Waals surface area contributed by atoms with Crippen LogP contribution in [0.2, 0.25) is 0 Å². The second-order valence-corrected chi connectivity index (χ2v) is 7.80. The summed E-state index contributed by atoms with van der Waals surface area (Å²) < 4.78 is 2.25. The molecule has 1 aliphatic heterocycles. The van der Waals surface area contributed by atoms with Crippen molar-refractivity contribution in [3.8, 4) is 0 Å². The lowest BCUT2D eigenvalue weighted by molar-refractivity contribution is -0.129. The van der Waals surface area contributed by atoms with Crippen LogP contribution in [0.25, 0.3) is 0 Å². The monoisotopic (exact) mass is 365 g/mol. The van der Waals surface area contributed by atoms with E-state index in [2.05, 4.69) is 16.7 Å². The maximum absolute atomic E-state index is 12.8. The lowest BCUT2D eigenvalue weighted by Gasteiger charge is -2.17. The van der Waals surface area contributed by atoms with E-state index in [1.807, 2.05) is 30.0 Å². The standard InChI is InChI=1S/C22H27N3O2/c1-15-18(12-21(27)24-11-10-17(23)14-24)22-19(8-5-9-20(22)26)25(15)13-16-6-3-2-4-7-16/h2-4,6-7,17H,5,8-14,23H2,1H3. The fourth-order valence-electron chi connectivity index (χ4n) is 4.46. The van der Waals surface area contributed by atoms with Crippen molar-refractivity contribution in [1.82, 2.24) is 9.47 Å². The van der Waals surface area contributed by atoms with Crippen LogP contribution in [0.15, 0.2) is 30.3 Å². The molecule has 0 spiro atoms. The third-order valence-corrected chi connectivity index (χ3v) is 5.94. The van der Waals surface area contributed by atoms with Gasteiger partial charge >= 0.3 is 0 Å². The molecule has 2 aromatic rings. The highest BCUT2D eigenvalue weighted by atomic mass is 16.2. The van der Waals surface area contributed by atoms with Gasteiger partial charge in [-0.2, -0.15) is 0 Å². The van der Waals surface area contributed by atoms with Crippen LogP contribution in [-0.4, -0.2) is 40.3 Å². The second-order valence-electron chi connectivity index (χ2n) is 7.80. The fourth-order valence-corrected chi connectivity index (χ4v) is 4.46. The Morgan fingerprint density at radius 2 is 2.00 bits per heavy atom. The Bertz CT molecular complexity index is 869. The van der Waals surface area contributed by atoms with Crippen LogP contribution >= 0.6 is 0 Å². The molecule has 5 nitrogen and oxygen atoms in total. The van der Waals surface area contributed by atoms with Gasteiger partial charge in [-0.3, -0.25) is 9.59 Å². The van der Waals surface area contributed by atoms with Gasteiger partial charge in [0.15, 0.2) is 5.78 Å². The minimum Gasteiger partial charge on any atom is -0.343 e. The minimum absolute atomic E-state index is 0.0771. The van der Waals surface area contributed by atoms with Gasteiger partial charge in [0, 0.05) is 49.0 Å². The highest BCUT2D eigenvalue weighted by Gasteiger charge is 2.31. The summed E-state index contributed by atoms with van der Waals surface area (Å²) in [6.45, 7) is 4.14. The largest absolute Gasteiger partial charge is 0.343 e. The Hall–Kier alpha value is -2.40. The van der Waals surface area contributed by atoms with Gasteiger partial charge in [-0.15, -0.1) is 0 Å². The Morgan fingerprint density at radius 3 is 2.70 bits per heavy atom. The van der Waals surface area contributed by atoms with Crippen molar-refractivity contribution in [2.75, 3.05) is 13.1 Å². The van der Waals surface area contributed by atoms with E-state index < -0.39 is 0 Å². The van der Waals surface area contributed by atoms with Gasteiger partial charge in [0.1, 0.15) is 0 Å². The first-order chi connectivity index (χ1) is 13.0. The summed E-state index contributed by atoms with van der Waals surface area (Å²) in [6, 6.07) is 10.4. The molecule has 5 heteroatoms. The Kier molecular flexibility index (Phi) is 4.87. The zero-order chi connectivity index (χ0) is 19.0. The van der Waals surface area contributed by atoms with Crippen LogP contribution in [0.1, 0.15) is 52.1 Å². The van der Waals surface area contributed by atoms with Crippen molar-refractivity contribution in [3.63, 3.8) is 0 Å². The smallest absolute Gasteiger partial charge is 0.227 e. The number of benzene rings is 1. The number of fused-ring (bicyclic) bond motifs is 1.